The van der Waals surface area contributed by atoms with Crippen molar-refractivity contribution in [1.82, 2.24) is 4.90 Å². The standard InChI is InChI=1S/C18H14FNO4S/c19-13-3-7-15(8-4-13)24-14-5-1-12(2-6-14)11-16-17(22)20(9-10-21)18(23)25-16/h1-8,11,21H,9-10H2. The van der Waals surface area contributed by atoms with E-state index < -0.39 is 5.91 Å². The number of carbonyl (C=O) groups is 2. The third kappa shape index (κ3) is 4.07. The highest BCUT2D eigenvalue weighted by molar-refractivity contribution is 8.18. The molecule has 1 saturated heterocycles. The first-order valence-electron chi connectivity index (χ1n) is 7.46. The fourth-order valence-electron chi connectivity index (χ4n) is 2.21. The number of nitrogens with zero attached hydrogens (tertiary/aromatic N) is 1. The van der Waals surface area contributed by atoms with Gasteiger partial charge in [0.1, 0.15) is 17.3 Å². The van der Waals surface area contributed by atoms with Crippen molar-refractivity contribution in [1.29, 1.82) is 0 Å². The van der Waals surface area contributed by atoms with Gasteiger partial charge in [-0.05, 0) is 59.8 Å². The Bertz CT molecular complexity index is 818. The maximum Gasteiger partial charge on any atom is 0.293 e. The molecule has 1 fully saturated rings. The van der Waals surface area contributed by atoms with E-state index >= 15 is 0 Å². The van der Waals surface area contributed by atoms with Crippen molar-refractivity contribution in [3.05, 3.63) is 64.8 Å². The second-order valence-corrected chi connectivity index (χ2v) is 6.18. The van der Waals surface area contributed by atoms with Crippen LogP contribution in [0, 0.1) is 5.82 Å². The van der Waals surface area contributed by atoms with E-state index in [0.717, 1.165) is 22.2 Å². The first-order valence-corrected chi connectivity index (χ1v) is 8.28. The van der Waals surface area contributed by atoms with Gasteiger partial charge >= 0.3 is 0 Å². The molecule has 7 heteroatoms. The van der Waals surface area contributed by atoms with Gasteiger partial charge in [-0.1, -0.05) is 12.1 Å². The van der Waals surface area contributed by atoms with E-state index in [-0.39, 0.29) is 24.2 Å². The number of amides is 2. The van der Waals surface area contributed by atoms with Gasteiger partial charge in [0, 0.05) is 0 Å². The van der Waals surface area contributed by atoms with Crippen LogP contribution in [0.2, 0.25) is 0 Å². The van der Waals surface area contributed by atoms with Crippen molar-refractivity contribution in [3.63, 3.8) is 0 Å². The lowest BCUT2D eigenvalue weighted by Crippen LogP contribution is -2.30. The zero-order valence-corrected chi connectivity index (χ0v) is 13.8. The number of carbonyl (C=O) groups excluding carboxylic acids is 2. The van der Waals surface area contributed by atoms with Gasteiger partial charge in [0.05, 0.1) is 18.1 Å². The van der Waals surface area contributed by atoms with Gasteiger partial charge in [-0.3, -0.25) is 14.5 Å². The SMILES string of the molecule is O=C1SC(=Cc2ccc(Oc3ccc(F)cc3)cc2)C(=O)N1CCO. The number of rotatable bonds is 5. The summed E-state index contributed by atoms with van der Waals surface area (Å²) in [4.78, 5) is 25.1. The maximum atomic E-state index is 12.9. The summed E-state index contributed by atoms with van der Waals surface area (Å²) in [7, 11) is 0. The van der Waals surface area contributed by atoms with Crippen molar-refractivity contribution in [2.75, 3.05) is 13.2 Å². The minimum absolute atomic E-state index is 0.00749. The number of aliphatic hydroxyl groups excluding tert-OH is 1. The molecular weight excluding hydrogens is 345 g/mol. The molecular formula is C18H14FNO4S. The van der Waals surface area contributed by atoms with Crippen molar-refractivity contribution < 1.29 is 23.8 Å². The highest BCUT2D eigenvalue weighted by atomic mass is 32.2. The Morgan fingerprint density at radius 2 is 1.64 bits per heavy atom. The molecule has 25 heavy (non-hydrogen) atoms. The Hall–Kier alpha value is -2.64. The Kier molecular flexibility index (Phi) is 5.16. The second-order valence-electron chi connectivity index (χ2n) is 5.18. The zero-order valence-electron chi connectivity index (χ0n) is 13.0. The maximum absolute atomic E-state index is 12.9. The lowest BCUT2D eigenvalue weighted by Gasteiger charge is -2.09. The highest BCUT2D eigenvalue weighted by Gasteiger charge is 2.34. The molecule has 0 spiro atoms. The number of hydrogen-bond acceptors (Lipinski definition) is 5. The predicted molar refractivity (Wildman–Crippen MR) is 92.7 cm³/mol. The summed E-state index contributed by atoms with van der Waals surface area (Å²) in [5.41, 5.74) is 0.737. The smallest absolute Gasteiger partial charge is 0.293 e. The summed E-state index contributed by atoms with van der Waals surface area (Å²) in [5.74, 6) is 0.338. The fourth-order valence-corrected chi connectivity index (χ4v) is 3.08. The Morgan fingerprint density at radius 3 is 2.24 bits per heavy atom. The Labute approximate surface area is 147 Å². The monoisotopic (exact) mass is 359 g/mol. The molecule has 5 nitrogen and oxygen atoms in total. The fraction of sp³-hybridized carbons (Fsp3) is 0.111. The van der Waals surface area contributed by atoms with Crippen LogP contribution in [-0.2, 0) is 4.79 Å². The lowest BCUT2D eigenvalue weighted by molar-refractivity contribution is -0.123. The quantitative estimate of drug-likeness (QED) is 0.826. The number of aliphatic hydroxyl groups is 1. The van der Waals surface area contributed by atoms with Crippen LogP contribution in [0.3, 0.4) is 0 Å². The van der Waals surface area contributed by atoms with Crippen LogP contribution in [0.5, 0.6) is 11.5 Å². The average molecular weight is 359 g/mol. The summed E-state index contributed by atoms with van der Waals surface area (Å²) < 4.78 is 18.5. The van der Waals surface area contributed by atoms with E-state index in [1.807, 2.05) is 0 Å². The molecule has 0 atom stereocenters. The van der Waals surface area contributed by atoms with Crippen molar-refractivity contribution in [3.8, 4) is 11.5 Å². The van der Waals surface area contributed by atoms with E-state index in [1.54, 1.807) is 30.3 Å². The lowest BCUT2D eigenvalue weighted by atomic mass is 10.2. The number of halogens is 1. The number of thioether (sulfide) groups is 1. The molecule has 1 aliphatic heterocycles. The summed E-state index contributed by atoms with van der Waals surface area (Å²) in [6.07, 6.45) is 1.62. The van der Waals surface area contributed by atoms with E-state index in [2.05, 4.69) is 0 Å². The van der Waals surface area contributed by atoms with Gasteiger partial charge in [-0.2, -0.15) is 0 Å². The molecule has 2 amide bonds. The summed E-state index contributed by atoms with van der Waals surface area (Å²) in [5, 5.41) is 8.51. The number of benzene rings is 2. The molecule has 2 aromatic rings. The van der Waals surface area contributed by atoms with Crippen molar-refractivity contribution in [2.45, 2.75) is 0 Å². The summed E-state index contributed by atoms with van der Waals surface area (Å²) in [6, 6.07) is 12.6. The normalized spacial score (nSPS) is 15.9. The van der Waals surface area contributed by atoms with Crippen LogP contribution < -0.4 is 4.74 Å². The van der Waals surface area contributed by atoms with Crippen molar-refractivity contribution in [2.24, 2.45) is 0 Å². The molecule has 0 saturated carbocycles. The van der Waals surface area contributed by atoms with Crippen LogP contribution in [0.1, 0.15) is 5.56 Å². The number of β-amino-alcohol motifs (C(OH)–C–C–N with tert-alkyl or cyclic N) is 1. The van der Waals surface area contributed by atoms with Crippen LogP contribution in [0.15, 0.2) is 53.4 Å². The third-order valence-corrected chi connectivity index (χ3v) is 4.33. The van der Waals surface area contributed by atoms with E-state index in [0.29, 0.717) is 16.4 Å². The first-order chi connectivity index (χ1) is 12.1. The molecule has 128 valence electrons. The van der Waals surface area contributed by atoms with Gasteiger partial charge in [0.15, 0.2) is 0 Å². The molecule has 1 aliphatic rings. The predicted octanol–water partition coefficient (Wildman–Crippen LogP) is 3.65. The van der Waals surface area contributed by atoms with E-state index in [4.69, 9.17) is 9.84 Å². The van der Waals surface area contributed by atoms with Gasteiger partial charge < -0.3 is 9.84 Å². The molecule has 0 aromatic heterocycles. The Morgan fingerprint density at radius 1 is 1.04 bits per heavy atom. The Balaban J connectivity index is 1.71. The van der Waals surface area contributed by atoms with Gasteiger partial charge in [-0.25, -0.2) is 4.39 Å². The minimum Gasteiger partial charge on any atom is -0.457 e. The third-order valence-electron chi connectivity index (χ3n) is 3.42. The molecule has 2 aromatic carbocycles. The molecule has 1 N–H and O–H groups in total. The first kappa shape index (κ1) is 17.2. The summed E-state index contributed by atoms with van der Waals surface area (Å²) in [6.45, 7) is -0.271. The average Bonchev–Trinajstić information content (AvgIpc) is 2.86. The number of hydrogen-bond donors (Lipinski definition) is 1. The highest BCUT2D eigenvalue weighted by Crippen LogP contribution is 2.32. The van der Waals surface area contributed by atoms with Crippen molar-refractivity contribution >= 4 is 29.0 Å². The number of ether oxygens (including phenoxy) is 1. The van der Waals surface area contributed by atoms with Crippen LogP contribution >= 0.6 is 11.8 Å². The molecule has 0 aliphatic carbocycles. The molecule has 1 heterocycles. The molecule has 0 unspecified atom stereocenters. The molecule has 3 rings (SSSR count). The number of imide groups is 1. The summed E-state index contributed by atoms with van der Waals surface area (Å²) >= 11 is 0.845. The largest absolute Gasteiger partial charge is 0.457 e. The van der Waals surface area contributed by atoms with Gasteiger partial charge in [0.25, 0.3) is 11.1 Å². The van der Waals surface area contributed by atoms with Gasteiger partial charge in [0.2, 0.25) is 0 Å². The minimum atomic E-state index is -0.407. The van der Waals surface area contributed by atoms with E-state index in [1.165, 1.54) is 24.3 Å². The van der Waals surface area contributed by atoms with E-state index in [9.17, 15) is 14.0 Å². The zero-order chi connectivity index (χ0) is 17.8. The molecule has 0 radical (unpaired) electrons. The van der Waals surface area contributed by atoms with Crippen LogP contribution in [0.25, 0.3) is 6.08 Å². The van der Waals surface area contributed by atoms with Gasteiger partial charge in [-0.15, -0.1) is 0 Å². The van der Waals surface area contributed by atoms with Crippen LogP contribution in [-0.4, -0.2) is 34.3 Å². The second kappa shape index (κ2) is 7.50. The molecule has 0 bridgehead atoms. The van der Waals surface area contributed by atoms with Crippen LogP contribution in [0.4, 0.5) is 9.18 Å². The topological polar surface area (TPSA) is 66.8 Å².